The predicted molar refractivity (Wildman–Crippen MR) is 79.4 cm³/mol. The van der Waals surface area contributed by atoms with Gasteiger partial charge in [0, 0.05) is 4.91 Å². The van der Waals surface area contributed by atoms with E-state index in [-0.39, 0.29) is 6.61 Å². The summed E-state index contributed by atoms with van der Waals surface area (Å²) in [6.07, 6.45) is 0. The quantitative estimate of drug-likeness (QED) is 0.362. The molecule has 5 heteroatoms. The van der Waals surface area contributed by atoms with Gasteiger partial charge in [-0.3, -0.25) is 4.79 Å². The first kappa shape index (κ1) is 14.6. The lowest BCUT2D eigenvalue weighted by molar-refractivity contribution is -0.148. The standard InChI is InChI=1S/C16H15N3O2/c1-2-21-15(20)16(18-19-17,13-9-5-3-6-10-13)14-11-7-4-8-12-14/h3-12H,2H2,1H3. The lowest BCUT2D eigenvalue weighted by Crippen LogP contribution is -2.36. The van der Waals surface area contributed by atoms with E-state index in [4.69, 9.17) is 10.3 Å². The maximum absolute atomic E-state index is 12.6. The maximum atomic E-state index is 12.6. The van der Waals surface area contributed by atoms with Crippen molar-refractivity contribution in [1.82, 2.24) is 0 Å². The molecule has 2 rings (SSSR count). The molecule has 0 bridgehead atoms. The van der Waals surface area contributed by atoms with E-state index in [0.717, 1.165) is 0 Å². The molecule has 0 aliphatic heterocycles. The van der Waals surface area contributed by atoms with Crippen molar-refractivity contribution in [3.8, 4) is 0 Å². The Kier molecular flexibility index (Phi) is 4.59. The first-order chi connectivity index (χ1) is 10.3. The van der Waals surface area contributed by atoms with Gasteiger partial charge in [0.1, 0.15) is 0 Å². The molecule has 0 saturated heterocycles. The molecule has 0 aliphatic carbocycles. The van der Waals surface area contributed by atoms with Crippen molar-refractivity contribution in [3.05, 3.63) is 82.2 Å². The molecular weight excluding hydrogens is 266 g/mol. The van der Waals surface area contributed by atoms with Crippen molar-refractivity contribution in [2.24, 2.45) is 5.11 Å². The van der Waals surface area contributed by atoms with Gasteiger partial charge in [-0.15, -0.1) is 0 Å². The molecule has 2 aromatic carbocycles. The van der Waals surface area contributed by atoms with E-state index < -0.39 is 11.5 Å². The number of ether oxygens (including phenoxy) is 1. The number of benzene rings is 2. The first-order valence-corrected chi connectivity index (χ1v) is 6.60. The van der Waals surface area contributed by atoms with Crippen molar-refractivity contribution < 1.29 is 9.53 Å². The Morgan fingerprint density at radius 1 is 1.10 bits per heavy atom. The number of hydrogen-bond acceptors (Lipinski definition) is 3. The van der Waals surface area contributed by atoms with Crippen LogP contribution in [0, 0.1) is 0 Å². The number of hydrogen-bond donors (Lipinski definition) is 0. The van der Waals surface area contributed by atoms with Crippen LogP contribution in [0.5, 0.6) is 0 Å². The van der Waals surface area contributed by atoms with Crippen LogP contribution in [0.15, 0.2) is 65.8 Å². The molecule has 0 spiro atoms. The predicted octanol–water partition coefficient (Wildman–Crippen LogP) is 3.80. The summed E-state index contributed by atoms with van der Waals surface area (Å²) in [5, 5.41) is 3.82. The maximum Gasteiger partial charge on any atom is 0.327 e. The van der Waals surface area contributed by atoms with E-state index in [9.17, 15) is 4.79 Å². The van der Waals surface area contributed by atoms with Gasteiger partial charge in [-0.2, -0.15) is 0 Å². The Morgan fingerprint density at radius 2 is 1.57 bits per heavy atom. The third-order valence-corrected chi connectivity index (χ3v) is 3.15. The van der Waals surface area contributed by atoms with Gasteiger partial charge in [-0.1, -0.05) is 65.8 Å². The molecule has 0 fully saturated rings. The highest BCUT2D eigenvalue weighted by Gasteiger charge is 2.43. The molecule has 0 aromatic heterocycles. The smallest absolute Gasteiger partial charge is 0.327 e. The Bertz CT molecular complexity index is 610. The van der Waals surface area contributed by atoms with Crippen molar-refractivity contribution >= 4 is 5.97 Å². The summed E-state index contributed by atoms with van der Waals surface area (Å²) in [4.78, 5) is 15.5. The van der Waals surface area contributed by atoms with E-state index in [1.165, 1.54) is 0 Å². The molecule has 5 nitrogen and oxygen atoms in total. The molecule has 0 radical (unpaired) electrons. The average Bonchev–Trinajstić information content (AvgIpc) is 2.54. The van der Waals surface area contributed by atoms with Crippen LogP contribution in [0.1, 0.15) is 18.1 Å². The minimum Gasteiger partial charge on any atom is -0.465 e. The molecule has 0 saturated carbocycles. The second kappa shape index (κ2) is 6.59. The number of rotatable bonds is 5. The van der Waals surface area contributed by atoms with Crippen LogP contribution >= 0.6 is 0 Å². The molecule has 0 atom stereocenters. The zero-order valence-corrected chi connectivity index (χ0v) is 11.6. The van der Waals surface area contributed by atoms with Gasteiger partial charge < -0.3 is 4.74 Å². The molecule has 21 heavy (non-hydrogen) atoms. The molecule has 0 heterocycles. The first-order valence-electron chi connectivity index (χ1n) is 6.60. The van der Waals surface area contributed by atoms with Gasteiger partial charge in [-0.05, 0) is 23.6 Å². The number of esters is 1. The molecular formula is C16H15N3O2. The van der Waals surface area contributed by atoms with Crippen LogP contribution in [-0.4, -0.2) is 12.6 Å². The second-order valence-corrected chi connectivity index (χ2v) is 4.35. The molecule has 106 valence electrons. The molecule has 0 N–H and O–H groups in total. The van der Waals surface area contributed by atoms with Crippen LogP contribution in [-0.2, 0) is 15.1 Å². The minimum absolute atomic E-state index is 0.210. The highest BCUT2D eigenvalue weighted by Crippen LogP contribution is 2.35. The van der Waals surface area contributed by atoms with Gasteiger partial charge in [-0.25, -0.2) is 0 Å². The third-order valence-electron chi connectivity index (χ3n) is 3.15. The Balaban J connectivity index is 2.72. The zero-order valence-electron chi connectivity index (χ0n) is 11.6. The van der Waals surface area contributed by atoms with Crippen molar-refractivity contribution in [2.45, 2.75) is 12.5 Å². The summed E-state index contributed by atoms with van der Waals surface area (Å²) in [6, 6.07) is 17.8. The van der Waals surface area contributed by atoms with Crippen molar-refractivity contribution in [1.29, 1.82) is 0 Å². The Morgan fingerprint density at radius 3 is 1.95 bits per heavy atom. The summed E-state index contributed by atoms with van der Waals surface area (Å²) in [7, 11) is 0. The Labute approximate surface area is 122 Å². The fraction of sp³-hybridized carbons (Fsp3) is 0.188. The topological polar surface area (TPSA) is 75.1 Å². The number of carbonyl (C=O) groups excluding carboxylic acids is 1. The monoisotopic (exact) mass is 281 g/mol. The van der Waals surface area contributed by atoms with Gasteiger partial charge >= 0.3 is 5.97 Å². The normalized spacial score (nSPS) is 10.5. The third kappa shape index (κ3) is 2.73. The van der Waals surface area contributed by atoms with Crippen molar-refractivity contribution in [2.75, 3.05) is 6.61 Å². The van der Waals surface area contributed by atoms with Gasteiger partial charge in [0.15, 0.2) is 5.54 Å². The van der Waals surface area contributed by atoms with E-state index in [2.05, 4.69) is 10.0 Å². The zero-order chi connectivity index (χ0) is 15.1. The van der Waals surface area contributed by atoms with Crippen LogP contribution in [0.2, 0.25) is 0 Å². The fourth-order valence-electron chi connectivity index (χ4n) is 2.22. The fourth-order valence-corrected chi connectivity index (χ4v) is 2.22. The largest absolute Gasteiger partial charge is 0.465 e. The molecule has 0 unspecified atom stereocenters. The van der Waals surface area contributed by atoms with Gasteiger partial charge in [0.2, 0.25) is 0 Å². The van der Waals surface area contributed by atoms with E-state index in [0.29, 0.717) is 11.1 Å². The van der Waals surface area contributed by atoms with Crippen molar-refractivity contribution in [3.63, 3.8) is 0 Å². The average molecular weight is 281 g/mol. The SMILES string of the molecule is CCOC(=O)C(N=[N+]=[N-])(c1ccccc1)c1ccccc1. The number of azide groups is 1. The summed E-state index contributed by atoms with van der Waals surface area (Å²) >= 11 is 0. The van der Waals surface area contributed by atoms with E-state index >= 15 is 0 Å². The van der Waals surface area contributed by atoms with Gasteiger partial charge in [0.05, 0.1) is 6.61 Å². The minimum atomic E-state index is -1.51. The highest BCUT2D eigenvalue weighted by atomic mass is 16.5. The van der Waals surface area contributed by atoms with Crippen LogP contribution in [0.25, 0.3) is 10.4 Å². The summed E-state index contributed by atoms with van der Waals surface area (Å²) in [6.45, 7) is 1.93. The Hall–Kier alpha value is -2.78. The number of nitrogens with zero attached hydrogens (tertiary/aromatic N) is 3. The molecule has 0 amide bonds. The van der Waals surface area contributed by atoms with Crippen LogP contribution in [0.3, 0.4) is 0 Å². The molecule has 0 aliphatic rings. The van der Waals surface area contributed by atoms with Crippen LogP contribution in [0.4, 0.5) is 0 Å². The second-order valence-electron chi connectivity index (χ2n) is 4.35. The summed E-state index contributed by atoms with van der Waals surface area (Å²) in [5.41, 5.74) is 8.64. The lowest BCUT2D eigenvalue weighted by atomic mass is 9.83. The number of carbonyl (C=O) groups is 1. The van der Waals surface area contributed by atoms with Gasteiger partial charge in [0.25, 0.3) is 0 Å². The summed E-state index contributed by atoms with van der Waals surface area (Å²) < 4.78 is 5.16. The van der Waals surface area contributed by atoms with E-state index in [1.807, 2.05) is 12.1 Å². The summed E-state index contributed by atoms with van der Waals surface area (Å²) in [5.74, 6) is -0.583. The molecule has 2 aromatic rings. The highest BCUT2D eigenvalue weighted by molar-refractivity contribution is 5.87. The van der Waals surface area contributed by atoms with E-state index in [1.54, 1.807) is 55.5 Å². The lowest BCUT2D eigenvalue weighted by Gasteiger charge is -2.27. The van der Waals surface area contributed by atoms with Crippen LogP contribution < -0.4 is 0 Å².